The number of aromatic nitrogens is 2. The molecule has 0 spiro atoms. The molecule has 2 aromatic carbocycles. The Morgan fingerprint density at radius 3 is 2.48 bits per heavy atom. The molecule has 0 bridgehead atoms. The summed E-state index contributed by atoms with van der Waals surface area (Å²) < 4.78 is 6.51. The Kier molecular flexibility index (Phi) is 8.79. The fourth-order valence-electron chi connectivity index (χ4n) is 3.02. The lowest BCUT2D eigenvalue weighted by Crippen LogP contribution is -2.49. The van der Waals surface area contributed by atoms with Gasteiger partial charge >= 0.3 is 6.03 Å². The van der Waals surface area contributed by atoms with Crippen molar-refractivity contribution in [3.8, 4) is 16.3 Å². The Balaban J connectivity index is 1.68. The molecule has 0 aliphatic heterocycles. The number of benzene rings is 2. The van der Waals surface area contributed by atoms with Gasteiger partial charge in [0.15, 0.2) is 0 Å². The third-order valence-electron chi connectivity index (χ3n) is 4.96. The second-order valence-electron chi connectivity index (χ2n) is 7.30. The molecule has 8 nitrogen and oxygen atoms in total. The number of halogens is 1. The highest BCUT2D eigenvalue weighted by molar-refractivity contribution is 9.10. The number of rotatable bonds is 9. The van der Waals surface area contributed by atoms with Crippen LogP contribution in [0.15, 0.2) is 53.0 Å². The zero-order valence-electron chi connectivity index (χ0n) is 18.6. The first-order valence-corrected chi connectivity index (χ1v) is 12.2. The van der Waals surface area contributed by atoms with E-state index < -0.39 is 12.1 Å². The van der Waals surface area contributed by atoms with Crippen LogP contribution in [0, 0.1) is 5.92 Å². The second-order valence-corrected chi connectivity index (χ2v) is 9.19. The Bertz CT molecular complexity index is 1090. The first kappa shape index (κ1) is 24.7. The number of nitrogens with one attached hydrogen (secondary N) is 3. The Hall–Kier alpha value is -2.98. The summed E-state index contributed by atoms with van der Waals surface area (Å²) in [6.45, 7) is 6.22. The predicted octanol–water partition coefficient (Wildman–Crippen LogP) is 5.54. The first-order valence-electron chi connectivity index (χ1n) is 10.6. The highest BCUT2D eigenvalue weighted by Gasteiger charge is 2.27. The van der Waals surface area contributed by atoms with Crippen molar-refractivity contribution >= 4 is 50.0 Å². The number of para-hydroxylation sites is 2. The van der Waals surface area contributed by atoms with Crippen molar-refractivity contribution in [2.45, 2.75) is 33.2 Å². The van der Waals surface area contributed by atoms with Crippen molar-refractivity contribution in [1.82, 2.24) is 15.5 Å². The molecule has 3 amide bonds. The number of urea groups is 1. The molecular formula is C23H26BrN5O3S. The van der Waals surface area contributed by atoms with E-state index in [-0.39, 0.29) is 11.8 Å². The Morgan fingerprint density at radius 2 is 1.79 bits per heavy atom. The minimum atomic E-state index is -0.755. The van der Waals surface area contributed by atoms with Crippen LogP contribution in [0.5, 0.6) is 5.75 Å². The minimum absolute atomic E-state index is 0.100. The van der Waals surface area contributed by atoms with E-state index in [0.29, 0.717) is 34.6 Å². The number of amides is 3. The molecular weight excluding hydrogens is 506 g/mol. The van der Waals surface area contributed by atoms with Crippen LogP contribution in [0.1, 0.15) is 27.2 Å². The molecule has 0 unspecified atom stereocenters. The third kappa shape index (κ3) is 6.75. The van der Waals surface area contributed by atoms with Crippen molar-refractivity contribution in [2.75, 3.05) is 17.2 Å². The molecule has 0 radical (unpaired) electrons. The molecule has 0 saturated heterocycles. The van der Waals surface area contributed by atoms with Gasteiger partial charge in [0.25, 0.3) is 0 Å². The lowest BCUT2D eigenvalue weighted by Gasteiger charge is -2.23. The smallest absolute Gasteiger partial charge is 0.320 e. The van der Waals surface area contributed by atoms with Crippen LogP contribution in [0.25, 0.3) is 10.6 Å². The maximum atomic E-state index is 13.0. The van der Waals surface area contributed by atoms with Crippen LogP contribution < -0.4 is 20.7 Å². The largest absolute Gasteiger partial charge is 0.492 e. The number of hydrogen-bond acceptors (Lipinski definition) is 6. The van der Waals surface area contributed by atoms with Gasteiger partial charge in [-0.05, 0) is 37.1 Å². The molecule has 3 aromatic rings. The highest BCUT2D eigenvalue weighted by Crippen LogP contribution is 2.28. The van der Waals surface area contributed by atoms with E-state index in [4.69, 9.17) is 4.74 Å². The van der Waals surface area contributed by atoms with Gasteiger partial charge < -0.3 is 15.4 Å². The van der Waals surface area contributed by atoms with Crippen LogP contribution in [-0.2, 0) is 4.79 Å². The van der Waals surface area contributed by atoms with Gasteiger partial charge in [0.1, 0.15) is 16.8 Å². The summed E-state index contributed by atoms with van der Waals surface area (Å²) in [5, 5.41) is 17.6. The molecule has 33 heavy (non-hydrogen) atoms. The van der Waals surface area contributed by atoms with E-state index in [1.807, 2.05) is 51.1 Å². The first-order chi connectivity index (χ1) is 15.9. The van der Waals surface area contributed by atoms with Gasteiger partial charge in [0.05, 0.1) is 12.3 Å². The van der Waals surface area contributed by atoms with Gasteiger partial charge in [-0.2, -0.15) is 0 Å². The number of hydrogen-bond donors (Lipinski definition) is 3. The number of carbonyl (C=O) groups excluding carboxylic acids is 2. The number of nitrogens with zero attached hydrogens (tertiary/aromatic N) is 2. The van der Waals surface area contributed by atoms with E-state index in [1.54, 1.807) is 18.2 Å². The van der Waals surface area contributed by atoms with Gasteiger partial charge in [-0.1, -0.05) is 71.8 Å². The zero-order chi connectivity index (χ0) is 23.8. The predicted molar refractivity (Wildman–Crippen MR) is 135 cm³/mol. The van der Waals surface area contributed by atoms with Crippen LogP contribution in [0.4, 0.5) is 15.6 Å². The maximum Gasteiger partial charge on any atom is 0.320 e. The molecule has 3 rings (SSSR count). The van der Waals surface area contributed by atoms with Crippen molar-refractivity contribution in [3.63, 3.8) is 0 Å². The van der Waals surface area contributed by atoms with Gasteiger partial charge in [-0.3, -0.25) is 10.1 Å². The summed E-state index contributed by atoms with van der Waals surface area (Å²) in [6, 6.07) is 13.6. The number of carbonyl (C=O) groups is 2. The average Bonchev–Trinajstić information content (AvgIpc) is 3.27. The molecule has 2 atom stereocenters. The second kappa shape index (κ2) is 11.8. The van der Waals surface area contributed by atoms with E-state index in [0.717, 1.165) is 10.0 Å². The van der Waals surface area contributed by atoms with E-state index >= 15 is 0 Å². The van der Waals surface area contributed by atoms with E-state index in [2.05, 4.69) is 42.1 Å². The standard InChI is InChI=1S/C23H26BrN5O3S/c1-4-14(3)19(26-22(31)25-17-8-6-7-9-18(17)32-5-2)20(30)27-23-29-28-21(33-23)15-10-12-16(24)13-11-15/h6-14,19H,4-5H2,1-3H3,(H2,25,26,31)(H,27,29,30)/t14-,19+/m1/s1. The molecule has 0 fully saturated rings. The monoisotopic (exact) mass is 531 g/mol. The number of anilines is 2. The molecule has 0 saturated carbocycles. The van der Waals surface area contributed by atoms with Crippen LogP contribution in [-0.4, -0.2) is 34.8 Å². The van der Waals surface area contributed by atoms with E-state index in [9.17, 15) is 9.59 Å². The Labute approximate surface area is 205 Å². The zero-order valence-corrected chi connectivity index (χ0v) is 21.0. The molecule has 0 aliphatic carbocycles. The molecule has 3 N–H and O–H groups in total. The van der Waals surface area contributed by atoms with Crippen molar-refractivity contribution in [3.05, 3.63) is 53.0 Å². The normalized spacial score (nSPS) is 12.5. The summed E-state index contributed by atoms with van der Waals surface area (Å²) in [5.41, 5.74) is 1.43. The maximum absolute atomic E-state index is 13.0. The summed E-state index contributed by atoms with van der Waals surface area (Å²) >= 11 is 4.68. The molecule has 10 heteroatoms. The quantitative estimate of drug-likeness (QED) is 0.336. The van der Waals surface area contributed by atoms with Crippen molar-refractivity contribution < 1.29 is 14.3 Å². The average molecular weight is 532 g/mol. The summed E-state index contributed by atoms with van der Waals surface area (Å²) in [4.78, 5) is 25.7. The van der Waals surface area contributed by atoms with Crippen LogP contribution in [0.2, 0.25) is 0 Å². The third-order valence-corrected chi connectivity index (χ3v) is 6.38. The van der Waals surface area contributed by atoms with Gasteiger partial charge in [-0.15, -0.1) is 10.2 Å². The van der Waals surface area contributed by atoms with Crippen LogP contribution >= 0.6 is 27.3 Å². The molecule has 0 aliphatic rings. The minimum Gasteiger partial charge on any atom is -0.492 e. The van der Waals surface area contributed by atoms with Crippen LogP contribution in [0.3, 0.4) is 0 Å². The fourth-order valence-corrected chi connectivity index (χ4v) is 4.04. The Morgan fingerprint density at radius 1 is 1.06 bits per heavy atom. The van der Waals surface area contributed by atoms with Crippen molar-refractivity contribution in [1.29, 1.82) is 0 Å². The molecule has 1 aromatic heterocycles. The van der Waals surface area contributed by atoms with Gasteiger partial charge in [0.2, 0.25) is 11.0 Å². The summed E-state index contributed by atoms with van der Waals surface area (Å²) in [5.74, 6) is 0.113. The lowest BCUT2D eigenvalue weighted by molar-refractivity contribution is -0.119. The van der Waals surface area contributed by atoms with E-state index in [1.165, 1.54) is 11.3 Å². The summed E-state index contributed by atoms with van der Waals surface area (Å²) in [6.07, 6.45) is 0.703. The van der Waals surface area contributed by atoms with Gasteiger partial charge in [-0.25, -0.2) is 4.79 Å². The number of ether oxygens (including phenoxy) is 1. The highest BCUT2D eigenvalue weighted by atomic mass is 79.9. The topological polar surface area (TPSA) is 105 Å². The van der Waals surface area contributed by atoms with Gasteiger partial charge in [0, 0.05) is 10.0 Å². The lowest BCUT2D eigenvalue weighted by atomic mass is 9.98. The molecule has 1 heterocycles. The molecule has 174 valence electrons. The SMILES string of the molecule is CCOc1ccccc1NC(=O)N[C@H](C(=O)Nc1nnc(-c2ccc(Br)cc2)s1)[C@H](C)CC. The van der Waals surface area contributed by atoms with Crippen molar-refractivity contribution in [2.24, 2.45) is 5.92 Å². The summed E-state index contributed by atoms with van der Waals surface area (Å²) in [7, 11) is 0. The fraction of sp³-hybridized carbons (Fsp3) is 0.304.